The van der Waals surface area contributed by atoms with Crippen molar-refractivity contribution in [2.45, 2.75) is 75.7 Å². The third kappa shape index (κ3) is 17.9. The van der Waals surface area contributed by atoms with E-state index >= 15 is 0 Å². The summed E-state index contributed by atoms with van der Waals surface area (Å²) in [6.45, 7) is -2.41. The molecule has 3 aliphatic rings. The molecule has 61 heavy (non-hydrogen) atoms. The molecule has 1 amide bonds. The van der Waals surface area contributed by atoms with E-state index in [0.29, 0.717) is 0 Å². The molecule has 1 N–H and O–H groups in total. The van der Waals surface area contributed by atoms with Gasteiger partial charge in [-0.15, -0.1) is 0 Å². The van der Waals surface area contributed by atoms with Gasteiger partial charge in [-0.3, -0.25) is 64.4 Å². The van der Waals surface area contributed by atoms with E-state index < -0.39 is 133 Å². The summed E-state index contributed by atoms with van der Waals surface area (Å²) in [7, 11) is 0. The van der Waals surface area contributed by atoms with Crippen LogP contribution in [0.5, 0.6) is 11.5 Å². The lowest BCUT2D eigenvalue weighted by Crippen LogP contribution is -2.62. The first-order chi connectivity index (χ1) is 29.0. The zero-order chi connectivity index (χ0) is 44.9. The Labute approximate surface area is 344 Å². The number of piperidine rings is 1. The summed E-state index contributed by atoms with van der Waals surface area (Å²) in [4.78, 5) is 101. The van der Waals surface area contributed by atoms with Crippen molar-refractivity contribution in [2.75, 3.05) is 52.7 Å². The molecule has 3 aliphatic heterocycles. The summed E-state index contributed by atoms with van der Waals surface area (Å²) < 4.78 is 35.7. The van der Waals surface area contributed by atoms with Crippen LogP contribution in [0.2, 0.25) is 0 Å². The monoisotopic (exact) mass is 869 g/mol. The van der Waals surface area contributed by atoms with Gasteiger partial charge in [-0.25, -0.2) is 0 Å². The smallest absolute Gasteiger partial charge is 0.313 e. The second kappa shape index (κ2) is 24.9. The molecule has 2 saturated heterocycles. The minimum absolute atomic E-state index is 0.102. The Morgan fingerprint density at radius 1 is 0.689 bits per heavy atom. The molecule has 4 rings (SSSR count). The van der Waals surface area contributed by atoms with E-state index in [1.807, 2.05) is 35.3 Å². The fourth-order valence-electron chi connectivity index (χ4n) is 5.58. The van der Waals surface area contributed by atoms with E-state index in [9.17, 15) is 69.5 Å². The van der Waals surface area contributed by atoms with Gasteiger partial charge in [0, 0.05) is 38.9 Å². The number of nitro groups is 4. The van der Waals surface area contributed by atoms with Crippen LogP contribution in [-0.4, -0.2) is 143 Å². The van der Waals surface area contributed by atoms with Crippen molar-refractivity contribution in [1.82, 2.24) is 4.90 Å². The second-order valence-corrected chi connectivity index (χ2v) is 13.1. The molecule has 1 aromatic carbocycles. The summed E-state index contributed by atoms with van der Waals surface area (Å²) in [5.41, 5.74) is 1.02. The Morgan fingerprint density at radius 2 is 1.20 bits per heavy atom. The van der Waals surface area contributed by atoms with Crippen molar-refractivity contribution in [1.29, 1.82) is 0 Å². The average Bonchev–Trinajstić information content (AvgIpc) is 3.69. The Kier molecular flexibility index (Phi) is 19.8. The highest BCUT2D eigenvalue weighted by Gasteiger charge is 2.52. The molecular formula is C35H43N5O21. The number of hydrogen-bond donors (Lipinski definition) is 1. The van der Waals surface area contributed by atoms with Gasteiger partial charge in [0.25, 0.3) is 0 Å². The molecule has 0 aromatic heterocycles. The van der Waals surface area contributed by atoms with Crippen LogP contribution in [0.25, 0.3) is 6.08 Å². The lowest BCUT2D eigenvalue weighted by atomic mass is 9.98. The van der Waals surface area contributed by atoms with E-state index in [-0.39, 0.29) is 12.7 Å². The van der Waals surface area contributed by atoms with Crippen LogP contribution < -0.4 is 9.47 Å². The molecule has 0 saturated carbocycles. The molecule has 2 fully saturated rings. The number of nitrogens with zero attached hydrogens (tertiary/aromatic N) is 5. The number of allylic oxidation sites excluding steroid dienone is 2. The molecule has 3 heterocycles. The van der Waals surface area contributed by atoms with Crippen LogP contribution in [0.15, 0.2) is 36.4 Å². The lowest BCUT2D eigenvalue weighted by molar-refractivity contribution is -0.479. The van der Waals surface area contributed by atoms with Gasteiger partial charge in [0.15, 0.2) is 36.1 Å². The van der Waals surface area contributed by atoms with Crippen molar-refractivity contribution in [3.63, 3.8) is 0 Å². The maximum absolute atomic E-state index is 12.3. The molecule has 26 heteroatoms. The third-order valence-electron chi connectivity index (χ3n) is 8.52. The van der Waals surface area contributed by atoms with E-state index in [1.165, 1.54) is 6.42 Å². The molecule has 26 nitrogen and oxygen atoms in total. The topological polar surface area (TPSA) is 346 Å². The van der Waals surface area contributed by atoms with Crippen molar-refractivity contribution in [3.8, 4) is 11.5 Å². The number of carbonyl (C=O) groups is 5. The first-order valence-electron chi connectivity index (χ1n) is 18.6. The van der Waals surface area contributed by atoms with Gasteiger partial charge < -0.3 is 43.2 Å². The predicted octanol–water partition coefficient (Wildman–Crippen LogP) is 0.647. The molecular weight excluding hydrogens is 826 g/mol. The fourth-order valence-corrected chi connectivity index (χ4v) is 5.58. The summed E-state index contributed by atoms with van der Waals surface area (Å²) in [5, 5.41) is 52.7. The molecule has 0 bridgehead atoms. The summed E-state index contributed by atoms with van der Waals surface area (Å²) in [5.74, 6) is -3.41. The number of aliphatic hydroxyl groups is 1. The number of benzene rings is 1. The summed E-state index contributed by atoms with van der Waals surface area (Å²) in [6.07, 6.45) is -2.46. The van der Waals surface area contributed by atoms with Gasteiger partial charge in [-0.05, 0) is 37.0 Å². The zero-order valence-corrected chi connectivity index (χ0v) is 32.4. The number of aliphatic hydroxyl groups excluding tert-OH is 1. The fraction of sp³-hybridized carbons (Fsp3) is 0.571. The van der Waals surface area contributed by atoms with Crippen LogP contribution in [0.4, 0.5) is 0 Å². The number of hydrogen-bond acceptors (Lipinski definition) is 21. The Balaban J connectivity index is 0.000000391. The molecule has 0 spiro atoms. The number of carbonyl (C=O) groups excluding carboxylic acids is 5. The van der Waals surface area contributed by atoms with Crippen molar-refractivity contribution >= 4 is 35.9 Å². The van der Waals surface area contributed by atoms with Gasteiger partial charge in [0.05, 0.1) is 0 Å². The number of fused-ring (bicyclic) bond motifs is 1. The van der Waals surface area contributed by atoms with Crippen LogP contribution in [-0.2, 0) is 47.7 Å². The van der Waals surface area contributed by atoms with Gasteiger partial charge >= 0.3 is 23.9 Å². The Hall–Kier alpha value is -6.83. The van der Waals surface area contributed by atoms with Crippen molar-refractivity contribution < 1.29 is 81.9 Å². The SMILES string of the molecule is O=C(C=CC=Cc1ccc2c(c1)OCO2)N1CCCCC1.O=C(CC[N+](=O)[O-])OCC1OC(O)C(OC(=O)CC[N+](=O)[O-])C(OC(=O)CC[N+](=O)[O-])C1OC(=O)CC[N+](=O)[O-]. The molecule has 0 aliphatic carbocycles. The van der Waals surface area contributed by atoms with Gasteiger partial charge in [0.1, 0.15) is 38.4 Å². The number of esters is 4. The minimum atomic E-state index is -2.22. The van der Waals surface area contributed by atoms with Gasteiger partial charge in [-0.2, -0.15) is 0 Å². The Morgan fingerprint density at radius 3 is 1.75 bits per heavy atom. The first-order valence-corrected chi connectivity index (χ1v) is 18.6. The molecule has 0 radical (unpaired) electrons. The number of ether oxygens (including phenoxy) is 7. The average molecular weight is 870 g/mol. The van der Waals surface area contributed by atoms with Gasteiger partial charge in [0.2, 0.25) is 38.9 Å². The van der Waals surface area contributed by atoms with E-state index in [1.54, 1.807) is 12.2 Å². The second-order valence-electron chi connectivity index (χ2n) is 13.1. The molecule has 1 aromatic rings. The van der Waals surface area contributed by atoms with Crippen LogP contribution in [0.3, 0.4) is 0 Å². The number of rotatable bonds is 20. The summed E-state index contributed by atoms with van der Waals surface area (Å²) >= 11 is 0. The number of amides is 1. The quantitative estimate of drug-likeness (QED) is 0.0469. The van der Waals surface area contributed by atoms with Crippen molar-refractivity contribution in [2.24, 2.45) is 0 Å². The Bertz CT molecular complexity index is 1820. The standard InChI is InChI=1S/C18H24N4O18.C17H19NO3/c23-11(1-5-19(28)29)36-9-10-15(38-12(24)2-6-20(30)31)16(39-13(25)3-7-21(32)33)17(18(27)37-10)40-14(26)4-8-22(34)35;19-17(18-10-4-1-5-11-18)7-3-2-6-14-8-9-15-16(12-14)21-13-20-15/h10,15-18,27H,1-9H2;2-3,6-9,12H,1,4-5,10-11,13H2. The third-order valence-corrected chi connectivity index (χ3v) is 8.52. The summed E-state index contributed by atoms with van der Waals surface area (Å²) in [6, 6.07) is 5.79. The minimum Gasteiger partial charge on any atom is -0.463 e. The highest BCUT2D eigenvalue weighted by Crippen LogP contribution is 2.33. The highest BCUT2D eigenvalue weighted by molar-refractivity contribution is 5.88. The van der Waals surface area contributed by atoms with Gasteiger partial charge in [-0.1, -0.05) is 24.3 Å². The van der Waals surface area contributed by atoms with E-state index in [4.69, 9.17) is 33.2 Å². The van der Waals surface area contributed by atoms with Crippen LogP contribution >= 0.6 is 0 Å². The van der Waals surface area contributed by atoms with Crippen LogP contribution in [0.1, 0.15) is 50.5 Å². The highest BCUT2D eigenvalue weighted by atomic mass is 16.7. The van der Waals surface area contributed by atoms with Crippen LogP contribution in [0, 0.1) is 40.5 Å². The lowest BCUT2D eigenvalue weighted by Gasteiger charge is -2.42. The maximum Gasteiger partial charge on any atom is 0.313 e. The molecule has 334 valence electrons. The number of likely N-dealkylation sites (tertiary alicyclic amines) is 1. The maximum atomic E-state index is 12.3. The zero-order valence-electron chi connectivity index (χ0n) is 32.4. The van der Waals surface area contributed by atoms with E-state index in [2.05, 4.69) is 0 Å². The largest absolute Gasteiger partial charge is 0.463 e. The van der Waals surface area contributed by atoms with E-state index in [0.717, 1.165) is 43.0 Å². The molecule has 5 unspecified atom stereocenters. The van der Waals surface area contributed by atoms with Crippen molar-refractivity contribution in [3.05, 3.63) is 82.4 Å². The first kappa shape index (κ1) is 48.5. The normalized spacial score (nSPS) is 20.5. The predicted molar refractivity (Wildman–Crippen MR) is 199 cm³/mol. The molecule has 5 atom stereocenters.